The van der Waals surface area contributed by atoms with Crippen molar-refractivity contribution in [1.82, 2.24) is 0 Å². The van der Waals surface area contributed by atoms with Crippen LogP contribution in [0.25, 0.3) is 0 Å². The SMILES string of the molecule is CC/C=C\C[C@H](O)/C=C/C=C\C=C\[C@H](O)C/C=C\C/C=C\CCC(=O)O[C@H](COC(=O)CCCCCCC/C=C\CCCCCC)COP(=O)(O)OC[C@H](N)C(=O)O. The van der Waals surface area contributed by atoms with Crippen molar-refractivity contribution in [3.63, 3.8) is 0 Å². The third-order valence-corrected chi connectivity index (χ3v) is 9.26. The third-order valence-electron chi connectivity index (χ3n) is 8.31. The van der Waals surface area contributed by atoms with Gasteiger partial charge in [-0.05, 0) is 64.2 Å². The highest BCUT2D eigenvalue weighted by atomic mass is 31.2. The Labute approximate surface area is 347 Å². The summed E-state index contributed by atoms with van der Waals surface area (Å²) in [5.41, 5.74) is 5.31. The topological polar surface area (TPSA) is 212 Å². The number of aliphatic hydroxyl groups excluding tert-OH is 2. The quantitative estimate of drug-likeness (QED) is 0.0130. The molecule has 0 aromatic carbocycles. The molecule has 0 rings (SSSR count). The molecule has 0 saturated carbocycles. The lowest BCUT2D eigenvalue weighted by molar-refractivity contribution is -0.161. The maximum absolute atomic E-state index is 12.6. The van der Waals surface area contributed by atoms with Gasteiger partial charge in [-0.15, -0.1) is 0 Å². The molecule has 6 N–H and O–H groups in total. The van der Waals surface area contributed by atoms with Crippen molar-refractivity contribution < 1.29 is 57.7 Å². The van der Waals surface area contributed by atoms with E-state index in [0.29, 0.717) is 32.1 Å². The first-order valence-electron chi connectivity index (χ1n) is 20.8. The molecule has 14 heteroatoms. The molecular formula is C44H72NO12P. The molecule has 0 aliphatic rings. The molecule has 1 unspecified atom stereocenters. The van der Waals surface area contributed by atoms with Crippen molar-refractivity contribution in [3.05, 3.63) is 85.1 Å². The molecule has 0 aromatic heterocycles. The van der Waals surface area contributed by atoms with E-state index in [4.69, 9.17) is 24.8 Å². The minimum Gasteiger partial charge on any atom is -0.480 e. The van der Waals surface area contributed by atoms with Gasteiger partial charge in [-0.1, -0.05) is 137 Å². The van der Waals surface area contributed by atoms with Crippen molar-refractivity contribution >= 4 is 25.7 Å². The number of nitrogens with two attached hydrogens (primary N) is 1. The molecule has 330 valence electrons. The fraction of sp³-hybridized carbons (Fsp3) is 0.614. The second kappa shape index (κ2) is 37.8. The summed E-state index contributed by atoms with van der Waals surface area (Å²) in [5, 5.41) is 28.8. The standard InChI is InChI=1S/C44H72NO12P/c1-3-5-7-8-9-10-11-12-13-14-15-19-27-33-42(48)54-35-40(36-55-58(52,53)56-37-41(45)44(50)51)57-43(49)34-28-20-17-16-18-24-30-39(47)32-26-22-21-25-31-38(46)29-23-6-4-2/h6,10-11,17-18,20-26,31-32,38-41,46-47H,3-5,7-9,12-16,19,27-30,33-37,45H2,1-2H3,(H,50,51)(H,52,53)/b11-10-,20-17-,22-21-,23-6-,24-18-,31-25+,32-26+/t38-,39+,40+,41-/m0/s1. The molecule has 0 bridgehead atoms. The van der Waals surface area contributed by atoms with Crippen molar-refractivity contribution in [3.8, 4) is 0 Å². The number of carbonyl (C=O) groups is 3. The van der Waals surface area contributed by atoms with Crippen LogP contribution in [0.2, 0.25) is 0 Å². The Balaban J connectivity index is 4.67. The van der Waals surface area contributed by atoms with Crippen LogP contribution in [0, 0.1) is 0 Å². The molecule has 58 heavy (non-hydrogen) atoms. The van der Waals surface area contributed by atoms with Crippen LogP contribution in [-0.2, 0) is 37.5 Å². The van der Waals surface area contributed by atoms with Crippen LogP contribution >= 0.6 is 7.82 Å². The highest BCUT2D eigenvalue weighted by Crippen LogP contribution is 2.43. The van der Waals surface area contributed by atoms with E-state index < -0.39 is 69.9 Å². The number of carbonyl (C=O) groups excluding carboxylic acids is 2. The van der Waals surface area contributed by atoms with Gasteiger partial charge in [-0.25, -0.2) is 4.57 Å². The summed E-state index contributed by atoms with van der Waals surface area (Å²) in [6.45, 7) is 2.38. The average molecular weight is 838 g/mol. The molecule has 0 aromatic rings. The van der Waals surface area contributed by atoms with Gasteiger partial charge >= 0.3 is 25.7 Å². The van der Waals surface area contributed by atoms with Crippen LogP contribution in [-0.4, -0.2) is 82.3 Å². The minimum atomic E-state index is -4.77. The summed E-state index contributed by atoms with van der Waals surface area (Å²) in [7, 11) is -4.77. The van der Waals surface area contributed by atoms with Crippen LogP contribution in [0.4, 0.5) is 0 Å². The van der Waals surface area contributed by atoms with Crippen molar-refractivity contribution in [2.75, 3.05) is 19.8 Å². The Morgan fingerprint density at radius 3 is 1.81 bits per heavy atom. The van der Waals surface area contributed by atoms with Gasteiger partial charge in [0.05, 0.1) is 25.4 Å². The normalized spacial score (nSPS) is 15.7. The molecule has 0 fully saturated rings. The Morgan fingerprint density at radius 1 is 0.638 bits per heavy atom. The first-order valence-corrected chi connectivity index (χ1v) is 22.3. The highest BCUT2D eigenvalue weighted by Gasteiger charge is 2.28. The van der Waals surface area contributed by atoms with Crippen LogP contribution in [0.5, 0.6) is 0 Å². The van der Waals surface area contributed by atoms with Crippen LogP contribution in [0.1, 0.15) is 129 Å². The Morgan fingerprint density at radius 2 is 1.19 bits per heavy atom. The zero-order chi connectivity index (χ0) is 43.1. The number of hydrogen-bond acceptors (Lipinski definition) is 11. The maximum Gasteiger partial charge on any atom is 0.472 e. The van der Waals surface area contributed by atoms with Crippen molar-refractivity contribution in [1.29, 1.82) is 0 Å². The van der Waals surface area contributed by atoms with Gasteiger partial charge in [0.25, 0.3) is 0 Å². The molecule has 13 nitrogen and oxygen atoms in total. The van der Waals surface area contributed by atoms with Crippen LogP contribution in [0.3, 0.4) is 0 Å². The van der Waals surface area contributed by atoms with E-state index in [9.17, 15) is 34.1 Å². The van der Waals surface area contributed by atoms with E-state index in [0.717, 1.165) is 44.9 Å². The molecule has 0 heterocycles. The number of allylic oxidation sites excluding steroid dienone is 10. The predicted molar refractivity (Wildman–Crippen MR) is 229 cm³/mol. The molecule has 0 amide bonds. The summed E-state index contributed by atoms with van der Waals surface area (Å²) < 4.78 is 32.5. The maximum atomic E-state index is 12.6. The fourth-order valence-electron chi connectivity index (χ4n) is 4.96. The second-order valence-corrected chi connectivity index (χ2v) is 15.2. The number of esters is 2. The summed E-state index contributed by atoms with van der Waals surface area (Å²) in [6, 6.07) is -1.56. The predicted octanol–water partition coefficient (Wildman–Crippen LogP) is 8.66. The number of hydrogen-bond donors (Lipinski definition) is 5. The van der Waals surface area contributed by atoms with Crippen molar-refractivity contribution in [2.45, 2.75) is 154 Å². The number of aliphatic hydroxyl groups is 2. The zero-order valence-electron chi connectivity index (χ0n) is 34.8. The number of ether oxygens (including phenoxy) is 2. The van der Waals surface area contributed by atoms with E-state index in [2.05, 4.69) is 23.6 Å². The van der Waals surface area contributed by atoms with Crippen molar-refractivity contribution in [2.24, 2.45) is 5.73 Å². The number of phosphoric acid groups is 1. The largest absolute Gasteiger partial charge is 0.480 e. The van der Waals surface area contributed by atoms with E-state index >= 15 is 0 Å². The summed E-state index contributed by atoms with van der Waals surface area (Å²) in [6.07, 6.45) is 38.7. The van der Waals surface area contributed by atoms with Gasteiger partial charge < -0.3 is 35.4 Å². The average Bonchev–Trinajstić information content (AvgIpc) is 3.19. The smallest absolute Gasteiger partial charge is 0.472 e. The first-order chi connectivity index (χ1) is 27.9. The molecule has 0 spiro atoms. The van der Waals surface area contributed by atoms with Gasteiger partial charge in [-0.3, -0.25) is 23.4 Å². The second-order valence-electron chi connectivity index (χ2n) is 13.8. The lowest BCUT2D eigenvalue weighted by atomic mass is 10.1. The van der Waals surface area contributed by atoms with E-state index in [1.54, 1.807) is 42.5 Å². The minimum absolute atomic E-state index is 0.0265. The first kappa shape index (κ1) is 54.6. The Hall–Kier alpha value is -3.42. The van der Waals surface area contributed by atoms with Gasteiger partial charge in [0.15, 0.2) is 6.10 Å². The van der Waals surface area contributed by atoms with Crippen LogP contribution in [0.15, 0.2) is 85.1 Å². The molecule has 0 saturated heterocycles. The summed E-state index contributed by atoms with van der Waals surface area (Å²) in [4.78, 5) is 45.8. The number of rotatable bonds is 37. The molecule has 0 radical (unpaired) electrons. The number of aliphatic carboxylic acids is 1. The lowest BCUT2D eigenvalue weighted by Crippen LogP contribution is -2.34. The molecule has 0 aliphatic heterocycles. The monoisotopic (exact) mass is 837 g/mol. The van der Waals surface area contributed by atoms with Gasteiger partial charge in [-0.2, -0.15) is 0 Å². The molecular weight excluding hydrogens is 765 g/mol. The Kier molecular flexibility index (Phi) is 35.6. The summed E-state index contributed by atoms with van der Waals surface area (Å²) >= 11 is 0. The number of phosphoric ester groups is 1. The molecule has 5 atom stereocenters. The molecule has 0 aliphatic carbocycles. The van der Waals surface area contributed by atoms with E-state index in [-0.39, 0.29) is 12.8 Å². The van der Waals surface area contributed by atoms with Gasteiger partial charge in [0.2, 0.25) is 0 Å². The highest BCUT2D eigenvalue weighted by molar-refractivity contribution is 7.47. The van der Waals surface area contributed by atoms with Crippen LogP contribution < -0.4 is 5.73 Å². The summed E-state index contributed by atoms with van der Waals surface area (Å²) in [5.74, 6) is -2.60. The van der Waals surface area contributed by atoms with E-state index in [1.807, 2.05) is 37.3 Å². The number of carboxylic acid groups (broad SMARTS) is 1. The zero-order valence-corrected chi connectivity index (χ0v) is 35.7. The third kappa shape index (κ3) is 36.9. The lowest BCUT2D eigenvalue weighted by Gasteiger charge is -2.20. The fourth-order valence-corrected chi connectivity index (χ4v) is 5.74. The number of carboxylic acids is 1. The Bertz CT molecular complexity index is 1340. The van der Waals surface area contributed by atoms with E-state index in [1.165, 1.54) is 25.7 Å². The number of unbranched alkanes of at least 4 members (excludes halogenated alkanes) is 9. The van der Waals surface area contributed by atoms with Gasteiger partial charge in [0.1, 0.15) is 12.6 Å². The van der Waals surface area contributed by atoms with Gasteiger partial charge in [0, 0.05) is 12.8 Å².